The van der Waals surface area contributed by atoms with Crippen LogP contribution in [0.5, 0.6) is 0 Å². The number of hydrogen-bond donors (Lipinski definition) is 0. The lowest BCUT2D eigenvalue weighted by Crippen LogP contribution is -2.33. The molecule has 0 aromatic heterocycles. The van der Waals surface area contributed by atoms with Gasteiger partial charge in [-0.05, 0) is 19.9 Å². The molecular formula is C13H15NO3. The molecule has 1 heterocycles. The Bertz CT molecular complexity index is 456. The third kappa shape index (κ3) is 2.08. The fourth-order valence-corrected chi connectivity index (χ4v) is 2.07. The topological polar surface area (TPSA) is 46.6 Å². The molecule has 1 aliphatic heterocycles. The van der Waals surface area contributed by atoms with Crippen LogP contribution in [0.1, 0.15) is 36.0 Å². The van der Waals surface area contributed by atoms with E-state index in [0.29, 0.717) is 12.2 Å². The van der Waals surface area contributed by atoms with E-state index in [4.69, 9.17) is 4.74 Å². The Labute approximate surface area is 100 Å². The molecule has 1 aromatic carbocycles. The van der Waals surface area contributed by atoms with Crippen LogP contribution in [-0.4, -0.2) is 29.7 Å². The monoisotopic (exact) mass is 233 g/mol. The van der Waals surface area contributed by atoms with Crippen molar-refractivity contribution in [2.45, 2.75) is 20.1 Å². The number of rotatable bonds is 4. The number of nitrogens with zero attached hydrogens (tertiary/aromatic N) is 1. The van der Waals surface area contributed by atoms with Gasteiger partial charge in [0.1, 0.15) is 5.78 Å². The standard InChI is InChI=1S/C13H15NO3/c1-3-17-13-11-7-5-4-6-10(11)12(16)14(13)8-9(2)15/h4-7,13H,3,8H2,1-2H3. The highest BCUT2D eigenvalue weighted by Crippen LogP contribution is 2.33. The number of ketones is 1. The normalized spacial score (nSPS) is 18.4. The van der Waals surface area contributed by atoms with E-state index in [2.05, 4.69) is 0 Å². The number of fused-ring (bicyclic) bond motifs is 1. The summed E-state index contributed by atoms with van der Waals surface area (Å²) in [6.07, 6.45) is -0.424. The summed E-state index contributed by atoms with van der Waals surface area (Å²) in [5, 5.41) is 0. The molecule has 0 spiro atoms. The number of carbonyl (C=O) groups is 2. The summed E-state index contributed by atoms with van der Waals surface area (Å²) < 4.78 is 5.57. The molecule has 0 aliphatic carbocycles. The van der Waals surface area contributed by atoms with Crippen LogP contribution in [0.25, 0.3) is 0 Å². The van der Waals surface area contributed by atoms with Gasteiger partial charge in [0.15, 0.2) is 6.23 Å². The third-order valence-corrected chi connectivity index (χ3v) is 2.72. The first-order valence-electron chi connectivity index (χ1n) is 5.66. The van der Waals surface area contributed by atoms with E-state index in [1.54, 1.807) is 6.07 Å². The second-order valence-electron chi connectivity index (χ2n) is 4.03. The fraction of sp³-hybridized carbons (Fsp3) is 0.385. The van der Waals surface area contributed by atoms with Gasteiger partial charge in [-0.25, -0.2) is 0 Å². The van der Waals surface area contributed by atoms with E-state index in [9.17, 15) is 9.59 Å². The van der Waals surface area contributed by atoms with Crippen LogP contribution in [0.15, 0.2) is 24.3 Å². The van der Waals surface area contributed by atoms with Crippen molar-refractivity contribution < 1.29 is 14.3 Å². The summed E-state index contributed by atoms with van der Waals surface area (Å²) in [5.41, 5.74) is 1.48. The molecule has 0 N–H and O–H groups in total. The lowest BCUT2D eigenvalue weighted by molar-refractivity contribution is -0.121. The minimum Gasteiger partial charge on any atom is -0.354 e. The van der Waals surface area contributed by atoms with Crippen LogP contribution >= 0.6 is 0 Å². The minimum absolute atomic E-state index is 0.0455. The molecule has 0 fully saturated rings. The SMILES string of the molecule is CCOC1c2ccccc2C(=O)N1CC(C)=O. The summed E-state index contributed by atoms with van der Waals surface area (Å²) in [6.45, 7) is 3.94. The van der Waals surface area contributed by atoms with Gasteiger partial charge < -0.3 is 9.64 Å². The highest BCUT2D eigenvalue weighted by atomic mass is 16.5. The predicted octanol–water partition coefficient (Wildman–Crippen LogP) is 1.77. The molecule has 1 aromatic rings. The first-order chi connectivity index (χ1) is 8.15. The summed E-state index contributed by atoms with van der Waals surface area (Å²) in [4.78, 5) is 24.8. The van der Waals surface area contributed by atoms with E-state index in [1.807, 2.05) is 25.1 Å². The van der Waals surface area contributed by atoms with Crippen molar-refractivity contribution in [3.63, 3.8) is 0 Å². The van der Waals surface area contributed by atoms with E-state index in [-0.39, 0.29) is 18.2 Å². The highest BCUT2D eigenvalue weighted by Gasteiger charge is 2.37. The van der Waals surface area contributed by atoms with Crippen LogP contribution in [-0.2, 0) is 9.53 Å². The molecule has 4 nitrogen and oxygen atoms in total. The van der Waals surface area contributed by atoms with Gasteiger partial charge in [-0.1, -0.05) is 18.2 Å². The quantitative estimate of drug-likeness (QED) is 0.796. The predicted molar refractivity (Wildman–Crippen MR) is 62.5 cm³/mol. The Kier molecular flexibility index (Phi) is 3.24. The van der Waals surface area contributed by atoms with Crippen LogP contribution in [0.2, 0.25) is 0 Å². The van der Waals surface area contributed by atoms with Crippen molar-refractivity contribution in [3.05, 3.63) is 35.4 Å². The third-order valence-electron chi connectivity index (χ3n) is 2.72. The smallest absolute Gasteiger partial charge is 0.257 e. The van der Waals surface area contributed by atoms with E-state index in [1.165, 1.54) is 11.8 Å². The molecule has 0 saturated heterocycles. The van der Waals surface area contributed by atoms with Crippen LogP contribution in [0, 0.1) is 0 Å². The lowest BCUT2D eigenvalue weighted by Gasteiger charge is -2.23. The Morgan fingerprint density at radius 3 is 2.76 bits per heavy atom. The van der Waals surface area contributed by atoms with Gasteiger partial charge in [0.25, 0.3) is 5.91 Å². The van der Waals surface area contributed by atoms with E-state index >= 15 is 0 Å². The Morgan fingerprint density at radius 2 is 2.12 bits per heavy atom. The second-order valence-corrected chi connectivity index (χ2v) is 4.03. The molecule has 1 amide bonds. The lowest BCUT2D eigenvalue weighted by atomic mass is 10.1. The van der Waals surface area contributed by atoms with Gasteiger partial charge in [-0.3, -0.25) is 9.59 Å². The maximum atomic E-state index is 12.1. The molecule has 1 unspecified atom stereocenters. The summed E-state index contributed by atoms with van der Waals surface area (Å²) in [7, 11) is 0. The molecule has 1 atom stereocenters. The second kappa shape index (κ2) is 4.67. The minimum atomic E-state index is -0.424. The molecule has 17 heavy (non-hydrogen) atoms. The number of carbonyl (C=O) groups excluding carboxylic acids is 2. The molecule has 0 radical (unpaired) electrons. The van der Waals surface area contributed by atoms with Crippen LogP contribution in [0.4, 0.5) is 0 Å². The fourth-order valence-electron chi connectivity index (χ4n) is 2.07. The Morgan fingerprint density at radius 1 is 1.41 bits per heavy atom. The molecule has 1 aliphatic rings. The van der Waals surface area contributed by atoms with Crippen molar-refractivity contribution in [1.29, 1.82) is 0 Å². The van der Waals surface area contributed by atoms with Gasteiger partial charge in [-0.2, -0.15) is 0 Å². The van der Waals surface area contributed by atoms with E-state index in [0.717, 1.165) is 5.56 Å². The zero-order valence-electron chi connectivity index (χ0n) is 9.97. The highest BCUT2D eigenvalue weighted by molar-refractivity contribution is 6.00. The van der Waals surface area contributed by atoms with Crippen LogP contribution < -0.4 is 0 Å². The Hall–Kier alpha value is -1.68. The zero-order chi connectivity index (χ0) is 12.4. The first-order valence-corrected chi connectivity index (χ1v) is 5.66. The molecule has 2 rings (SSSR count). The van der Waals surface area contributed by atoms with Crippen molar-refractivity contribution >= 4 is 11.7 Å². The van der Waals surface area contributed by atoms with Gasteiger partial charge in [0.05, 0.1) is 6.54 Å². The average molecular weight is 233 g/mol. The zero-order valence-corrected chi connectivity index (χ0v) is 9.97. The molecule has 90 valence electrons. The molecule has 0 bridgehead atoms. The van der Waals surface area contributed by atoms with Crippen molar-refractivity contribution in [2.24, 2.45) is 0 Å². The van der Waals surface area contributed by atoms with Crippen molar-refractivity contribution in [3.8, 4) is 0 Å². The largest absolute Gasteiger partial charge is 0.354 e. The number of hydrogen-bond acceptors (Lipinski definition) is 3. The van der Waals surface area contributed by atoms with Crippen molar-refractivity contribution in [2.75, 3.05) is 13.2 Å². The maximum absolute atomic E-state index is 12.1. The van der Waals surface area contributed by atoms with Gasteiger partial charge in [0, 0.05) is 17.7 Å². The number of ether oxygens (including phenoxy) is 1. The summed E-state index contributed by atoms with van der Waals surface area (Å²) in [6, 6.07) is 7.32. The molecular weight excluding hydrogens is 218 g/mol. The summed E-state index contributed by atoms with van der Waals surface area (Å²) in [5.74, 6) is -0.176. The molecule has 4 heteroatoms. The Balaban J connectivity index is 2.36. The average Bonchev–Trinajstić information content (AvgIpc) is 2.55. The summed E-state index contributed by atoms with van der Waals surface area (Å²) >= 11 is 0. The first kappa shape index (κ1) is 11.8. The van der Waals surface area contributed by atoms with Gasteiger partial charge in [0.2, 0.25) is 0 Å². The van der Waals surface area contributed by atoms with Gasteiger partial charge in [-0.15, -0.1) is 0 Å². The number of Topliss-reactive ketones (excluding diaryl/α,β-unsaturated/α-hetero) is 1. The van der Waals surface area contributed by atoms with Crippen LogP contribution in [0.3, 0.4) is 0 Å². The number of amides is 1. The maximum Gasteiger partial charge on any atom is 0.257 e. The van der Waals surface area contributed by atoms with Gasteiger partial charge >= 0.3 is 0 Å². The van der Waals surface area contributed by atoms with E-state index < -0.39 is 6.23 Å². The number of benzene rings is 1. The van der Waals surface area contributed by atoms with Crippen molar-refractivity contribution in [1.82, 2.24) is 4.90 Å². The molecule has 0 saturated carbocycles.